The van der Waals surface area contributed by atoms with E-state index in [9.17, 15) is 0 Å². The van der Waals surface area contributed by atoms with Gasteiger partial charge in [-0.25, -0.2) is 4.98 Å². The van der Waals surface area contributed by atoms with Crippen LogP contribution in [0.5, 0.6) is 5.88 Å². The van der Waals surface area contributed by atoms with Crippen LogP contribution in [-0.2, 0) is 0 Å². The third-order valence-corrected chi connectivity index (χ3v) is 3.39. The molecule has 3 N–H and O–H groups in total. The van der Waals surface area contributed by atoms with Gasteiger partial charge in [-0.3, -0.25) is 0 Å². The molecule has 0 aliphatic heterocycles. The van der Waals surface area contributed by atoms with Crippen molar-refractivity contribution in [1.82, 2.24) is 9.97 Å². The van der Waals surface area contributed by atoms with E-state index in [-0.39, 0.29) is 0 Å². The van der Waals surface area contributed by atoms with Crippen LogP contribution in [0.1, 0.15) is 64.1 Å². The summed E-state index contributed by atoms with van der Waals surface area (Å²) in [4.78, 5) is 9.05. The summed E-state index contributed by atoms with van der Waals surface area (Å²) in [6, 6.07) is 0. The lowest BCUT2D eigenvalue weighted by molar-refractivity contribution is 0.305. The molecular weight excluding hydrogens is 252 g/mol. The van der Waals surface area contributed by atoms with Crippen molar-refractivity contribution in [1.29, 1.82) is 0 Å². The highest BCUT2D eigenvalue weighted by molar-refractivity contribution is 5.67. The van der Waals surface area contributed by atoms with E-state index in [1.807, 2.05) is 0 Å². The molecule has 0 unspecified atom stereocenters. The quantitative estimate of drug-likeness (QED) is 0.678. The summed E-state index contributed by atoms with van der Waals surface area (Å²) in [5.41, 5.74) is 6.66. The van der Waals surface area contributed by atoms with Gasteiger partial charge in [-0.1, -0.05) is 26.7 Å². The minimum absolute atomic E-state index is 0.496. The summed E-state index contributed by atoms with van der Waals surface area (Å²) >= 11 is 0. The van der Waals surface area contributed by atoms with Gasteiger partial charge >= 0.3 is 0 Å². The van der Waals surface area contributed by atoms with Crippen molar-refractivity contribution in [2.45, 2.75) is 58.3 Å². The molecular formula is C15H26N4O. The van der Waals surface area contributed by atoms with Crippen molar-refractivity contribution in [3.8, 4) is 5.88 Å². The van der Waals surface area contributed by atoms with Gasteiger partial charge in [0.05, 0.1) is 6.61 Å². The molecule has 1 heterocycles. The smallest absolute Gasteiger partial charge is 0.242 e. The first-order valence-corrected chi connectivity index (χ1v) is 7.80. The molecule has 5 nitrogen and oxygen atoms in total. The highest BCUT2D eigenvalue weighted by Gasteiger charge is 2.28. The Morgan fingerprint density at radius 1 is 1.20 bits per heavy atom. The number of unbranched alkanes of at least 4 members (excludes halogenated alkanes) is 2. The Bertz CT molecular complexity index is 432. The normalized spacial score (nSPS) is 14.3. The van der Waals surface area contributed by atoms with Gasteiger partial charge in [0.25, 0.3) is 0 Å². The first-order chi connectivity index (χ1) is 9.76. The number of rotatable bonds is 9. The van der Waals surface area contributed by atoms with E-state index in [2.05, 4.69) is 29.1 Å². The molecule has 0 radical (unpaired) electrons. The van der Waals surface area contributed by atoms with Crippen molar-refractivity contribution >= 4 is 11.5 Å². The summed E-state index contributed by atoms with van der Waals surface area (Å²) in [5, 5.41) is 3.33. The zero-order chi connectivity index (χ0) is 14.4. The second-order valence-electron chi connectivity index (χ2n) is 5.41. The minimum atomic E-state index is 0.496. The molecule has 0 atom stereocenters. The van der Waals surface area contributed by atoms with Gasteiger partial charge < -0.3 is 15.8 Å². The Balaban J connectivity index is 2.08. The molecule has 0 saturated heterocycles. The number of nitrogen functional groups attached to an aromatic ring is 1. The summed E-state index contributed by atoms with van der Waals surface area (Å²) in [5.74, 6) is 2.66. The molecule has 1 saturated carbocycles. The average molecular weight is 278 g/mol. The topological polar surface area (TPSA) is 73.1 Å². The number of anilines is 2. The number of nitrogens with two attached hydrogens (primary N) is 1. The van der Waals surface area contributed by atoms with Crippen LogP contribution >= 0.6 is 0 Å². The maximum absolute atomic E-state index is 6.12. The second-order valence-corrected chi connectivity index (χ2v) is 5.41. The molecule has 5 heteroatoms. The number of nitrogens with one attached hydrogen (secondary N) is 1. The first-order valence-electron chi connectivity index (χ1n) is 7.80. The van der Waals surface area contributed by atoms with Crippen molar-refractivity contribution in [2.24, 2.45) is 0 Å². The summed E-state index contributed by atoms with van der Waals surface area (Å²) < 4.78 is 5.66. The zero-order valence-electron chi connectivity index (χ0n) is 12.6. The highest BCUT2D eigenvalue weighted by atomic mass is 16.5. The standard InChI is InChI=1S/C15H26N4O/c1-3-5-6-9-17-14-12(16)15(20-10-4-2)19-13(18-14)11-7-8-11/h11H,3-10,16H2,1-2H3,(H,17,18,19). The number of ether oxygens (including phenoxy) is 1. The third kappa shape index (κ3) is 3.99. The van der Waals surface area contributed by atoms with Crippen LogP contribution in [0.3, 0.4) is 0 Å². The molecule has 1 aromatic rings. The number of nitrogens with zero attached hydrogens (tertiary/aromatic N) is 2. The third-order valence-electron chi connectivity index (χ3n) is 3.39. The predicted octanol–water partition coefficient (Wildman–Crippen LogP) is 3.33. The van der Waals surface area contributed by atoms with E-state index in [0.29, 0.717) is 24.1 Å². The number of aromatic nitrogens is 2. The maximum Gasteiger partial charge on any atom is 0.242 e. The zero-order valence-corrected chi connectivity index (χ0v) is 12.6. The van der Waals surface area contributed by atoms with Crippen LogP contribution < -0.4 is 15.8 Å². The van der Waals surface area contributed by atoms with Crippen LogP contribution in [0.2, 0.25) is 0 Å². The van der Waals surface area contributed by atoms with Crippen molar-refractivity contribution in [3.63, 3.8) is 0 Å². The second kappa shape index (κ2) is 7.31. The van der Waals surface area contributed by atoms with Crippen molar-refractivity contribution in [3.05, 3.63) is 5.82 Å². The largest absolute Gasteiger partial charge is 0.476 e. The average Bonchev–Trinajstić information content (AvgIpc) is 3.28. The van der Waals surface area contributed by atoms with Gasteiger partial charge in [0.1, 0.15) is 11.5 Å². The lowest BCUT2D eigenvalue weighted by Gasteiger charge is -2.13. The van der Waals surface area contributed by atoms with Crippen LogP contribution in [-0.4, -0.2) is 23.1 Å². The summed E-state index contributed by atoms with van der Waals surface area (Å²) in [7, 11) is 0. The van der Waals surface area contributed by atoms with Gasteiger partial charge in [-0.2, -0.15) is 4.98 Å². The molecule has 0 spiro atoms. The van der Waals surface area contributed by atoms with Crippen LogP contribution in [0.4, 0.5) is 11.5 Å². The molecule has 0 bridgehead atoms. The van der Waals surface area contributed by atoms with Crippen LogP contribution in [0, 0.1) is 0 Å². The molecule has 1 aromatic heterocycles. The van der Waals surface area contributed by atoms with E-state index in [0.717, 1.165) is 31.0 Å². The van der Waals surface area contributed by atoms with Gasteiger partial charge in [-0.15, -0.1) is 0 Å². The summed E-state index contributed by atoms with van der Waals surface area (Å²) in [6.45, 7) is 5.80. The Kier molecular flexibility index (Phi) is 5.44. The van der Waals surface area contributed by atoms with E-state index >= 15 is 0 Å². The van der Waals surface area contributed by atoms with Gasteiger partial charge in [-0.05, 0) is 25.7 Å². The highest BCUT2D eigenvalue weighted by Crippen LogP contribution is 2.40. The minimum Gasteiger partial charge on any atom is -0.476 e. The van der Waals surface area contributed by atoms with E-state index < -0.39 is 0 Å². The number of hydrogen-bond donors (Lipinski definition) is 2. The lowest BCUT2D eigenvalue weighted by Crippen LogP contribution is -2.11. The fraction of sp³-hybridized carbons (Fsp3) is 0.733. The first kappa shape index (κ1) is 14.9. The van der Waals surface area contributed by atoms with Crippen molar-refractivity contribution in [2.75, 3.05) is 24.2 Å². The molecule has 20 heavy (non-hydrogen) atoms. The molecule has 2 rings (SSSR count). The predicted molar refractivity (Wildman–Crippen MR) is 82.2 cm³/mol. The molecule has 0 amide bonds. The Morgan fingerprint density at radius 2 is 2.00 bits per heavy atom. The Morgan fingerprint density at radius 3 is 2.65 bits per heavy atom. The van der Waals surface area contributed by atoms with Crippen molar-refractivity contribution < 1.29 is 4.74 Å². The van der Waals surface area contributed by atoms with Crippen LogP contribution in [0.15, 0.2) is 0 Å². The number of hydrogen-bond acceptors (Lipinski definition) is 5. The van der Waals surface area contributed by atoms with Gasteiger partial charge in [0, 0.05) is 12.5 Å². The summed E-state index contributed by atoms with van der Waals surface area (Å²) in [6.07, 6.45) is 6.84. The lowest BCUT2D eigenvalue weighted by atomic mass is 10.2. The van der Waals surface area contributed by atoms with Gasteiger partial charge in [0.2, 0.25) is 5.88 Å². The SMILES string of the molecule is CCCCCNc1nc(C2CC2)nc(OCCC)c1N. The molecule has 1 aliphatic rings. The van der Waals surface area contributed by atoms with Gasteiger partial charge in [0.15, 0.2) is 5.82 Å². The van der Waals surface area contributed by atoms with E-state index in [4.69, 9.17) is 10.5 Å². The molecule has 112 valence electrons. The Hall–Kier alpha value is -1.52. The molecule has 0 aromatic carbocycles. The van der Waals surface area contributed by atoms with Crippen LogP contribution in [0.25, 0.3) is 0 Å². The monoisotopic (exact) mass is 278 g/mol. The molecule has 1 aliphatic carbocycles. The maximum atomic E-state index is 6.12. The fourth-order valence-corrected chi connectivity index (χ4v) is 2.01. The van der Waals surface area contributed by atoms with E-state index in [1.165, 1.54) is 25.7 Å². The Labute approximate surface area is 121 Å². The fourth-order valence-electron chi connectivity index (χ4n) is 2.01. The molecule has 1 fully saturated rings. The van der Waals surface area contributed by atoms with E-state index in [1.54, 1.807) is 0 Å².